The Balaban J connectivity index is 1.04. The molecule has 5 heteroatoms. The molecule has 1 atom stereocenters. The monoisotopic (exact) mass is 743 g/mol. The number of aliphatic imine (C=N–C) groups is 2. The third-order valence-corrected chi connectivity index (χ3v) is 11.5. The summed E-state index contributed by atoms with van der Waals surface area (Å²) in [6, 6.07) is 65.7. The van der Waals surface area contributed by atoms with Gasteiger partial charge in [0.05, 0.1) is 0 Å². The molecule has 0 saturated carbocycles. The first kappa shape index (κ1) is 32.5. The van der Waals surface area contributed by atoms with E-state index in [-0.39, 0.29) is 0 Å². The Morgan fingerprint density at radius 3 is 1.88 bits per heavy atom. The summed E-state index contributed by atoms with van der Waals surface area (Å²) in [5.74, 6) is 1.51. The van der Waals surface area contributed by atoms with Gasteiger partial charge < -0.3 is 14.2 Å². The minimum Gasteiger partial charge on any atom is -0.456 e. The molecule has 1 N–H and O–H groups in total. The van der Waals surface area contributed by atoms with E-state index in [0.717, 1.165) is 111 Å². The standard InChI is InChI=1S/C53H33N3O2/c1-2-12-32(13-3-1)35-28-29-43-48(31-35)58-46-24-10-20-40(49(43)46)38-18-8-19-39-37(38)17-9-21-41(39)52-54-51(36-27-26-33-14-4-5-15-34(33)30-36)55-53(56-52)44-22-11-25-47-50(44)42-16-6-7-23-45(42)57-47/h1-31,52H,(H,54,55,56). The molecule has 1 aliphatic rings. The molecule has 12 rings (SSSR count). The zero-order valence-corrected chi connectivity index (χ0v) is 31.2. The number of rotatable bonds is 5. The molecular formula is C53H33N3O2. The quantitative estimate of drug-likeness (QED) is 0.191. The van der Waals surface area contributed by atoms with Crippen LogP contribution in [-0.4, -0.2) is 11.7 Å². The molecule has 0 spiro atoms. The van der Waals surface area contributed by atoms with E-state index in [1.54, 1.807) is 0 Å². The summed E-state index contributed by atoms with van der Waals surface area (Å²) in [4.78, 5) is 10.8. The van der Waals surface area contributed by atoms with E-state index in [2.05, 4.69) is 163 Å². The van der Waals surface area contributed by atoms with Crippen LogP contribution < -0.4 is 5.32 Å². The van der Waals surface area contributed by atoms with Crippen molar-refractivity contribution in [1.29, 1.82) is 0 Å². The van der Waals surface area contributed by atoms with Crippen LogP contribution in [0.25, 0.3) is 87.7 Å². The van der Waals surface area contributed by atoms with Gasteiger partial charge in [-0.25, -0.2) is 9.98 Å². The van der Waals surface area contributed by atoms with Gasteiger partial charge in [-0.1, -0.05) is 152 Å². The van der Waals surface area contributed by atoms with Crippen LogP contribution in [0.5, 0.6) is 0 Å². The van der Waals surface area contributed by atoms with E-state index < -0.39 is 6.17 Å². The van der Waals surface area contributed by atoms with Crippen molar-refractivity contribution in [3.63, 3.8) is 0 Å². The van der Waals surface area contributed by atoms with Gasteiger partial charge in [0.15, 0.2) is 6.17 Å². The second kappa shape index (κ2) is 12.9. The summed E-state index contributed by atoms with van der Waals surface area (Å²) in [7, 11) is 0. The molecule has 3 heterocycles. The molecule has 1 unspecified atom stereocenters. The summed E-state index contributed by atoms with van der Waals surface area (Å²) >= 11 is 0. The van der Waals surface area contributed by atoms with Crippen molar-refractivity contribution in [2.75, 3.05) is 0 Å². The highest BCUT2D eigenvalue weighted by atomic mass is 16.3. The first-order valence-corrected chi connectivity index (χ1v) is 19.6. The second-order valence-corrected chi connectivity index (χ2v) is 14.9. The maximum absolute atomic E-state index is 6.54. The number of nitrogens with zero attached hydrogens (tertiary/aromatic N) is 2. The first-order valence-electron chi connectivity index (χ1n) is 19.6. The highest BCUT2D eigenvalue weighted by molar-refractivity contribution is 6.24. The smallest absolute Gasteiger partial charge is 0.170 e. The lowest BCUT2D eigenvalue weighted by molar-refractivity contribution is 0.668. The van der Waals surface area contributed by atoms with Crippen LogP contribution in [0, 0.1) is 0 Å². The molecule has 0 saturated heterocycles. The second-order valence-electron chi connectivity index (χ2n) is 14.9. The number of benzene rings is 9. The third kappa shape index (κ3) is 5.17. The maximum Gasteiger partial charge on any atom is 0.170 e. The number of hydrogen-bond acceptors (Lipinski definition) is 5. The fourth-order valence-electron chi connectivity index (χ4n) is 8.84. The fraction of sp³-hybridized carbons (Fsp3) is 0.0189. The van der Waals surface area contributed by atoms with E-state index in [9.17, 15) is 0 Å². The Morgan fingerprint density at radius 2 is 0.983 bits per heavy atom. The van der Waals surface area contributed by atoms with Crippen molar-refractivity contribution >= 4 is 77.1 Å². The summed E-state index contributed by atoms with van der Waals surface area (Å²) in [6.45, 7) is 0. The van der Waals surface area contributed by atoms with Crippen molar-refractivity contribution in [3.8, 4) is 22.3 Å². The van der Waals surface area contributed by atoms with Gasteiger partial charge in [0.1, 0.15) is 34.0 Å². The molecule has 11 aromatic rings. The minimum atomic E-state index is -0.521. The molecule has 9 aromatic carbocycles. The molecule has 58 heavy (non-hydrogen) atoms. The highest BCUT2D eigenvalue weighted by Crippen LogP contribution is 2.42. The van der Waals surface area contributed by atoms with Crippen molar-refractivity contribution in [2.45, 2.75) is 6.17 Å². The van der Waals surface area contributed by atoms with Crippen molar-refractivity contribution in [1.82, 2.24) is 5.32 Å². The lowest BCUT2D eigenvalue weighted by atomic mass is 9.92. The molecule has 0 bridgehead atoms. The first-order chi connectivity index (χ1) is 28.7. The Morgan fingerprint density at radius 1 is 0.362 bits per heavy atom. The molecule has 0 aliphatic carbocycles. The number of furan rings is 2. The molecule has 5 nitrogen and oxygen atoms in total. The predicted octanol–water partition coefficient (Wildman–Crippen LogP) is 13.6. The number of nitrogens with one attached hydrogen (secondary N) is 1. The van der Waals surface area contributed by atoms with Gasteiger partial charge >= 0.3 is 0 Å². The molecule has 0 amide bonds. The average Bonchev–Trinajstić information content (AvgIpc) is 3.87. The zero-order valence-electron chi connectivity index (χ0n) is 31.2. The topological polar surface area (TPSA) is 63.0 Å². The average molecular weight is 744 g/mol. The zero-order chi connectivity index (χ0) is 38.2. The molecular weight excluding hydrogens is 711 g/mol. The van der Waals surface area contributed by atoms with Crippen LogP contribution in [0.1, 0.15) is 22.9 Å². The summed E-state index contributed by atoms with van der Waals surface area (Å²) in [5.41, 5.74) is 10.9. The maximum atomic E-state index is 6.54. The summed E-state index contributed by atoms with van der Waals surface area (Å²) in [5, 5.41) is 12.5. The molecule has 272 valence electrons. The normalized spacial score (nSPS) is 14.4. The van der Waals surface area contributed by atoms with E-state index in [1.165, 1.54) is 5.39 Å². The van der Waals surface area contributed by atoms with Crippen LogP contribution in [0.3, 0.4) is 0 Å². The van der Waals surface area contributed by atoms with Crippen molar-refractivity contribution in [3.05, 3.63) is 205 Å². The van der Waals surface area contributed by atoms with E-state index in [0.29, 0.717) is 0 Å². The predicted molar refractivity (Wildman–Crippen MR) is 239 cm³/mol. The van der Waals surface area contributed by atoms with Gasteiger partial charge in [0, 0.05) is 38.2 Å². The minimum absolute atomic E-state index is 0.521. The van der Waals surface area contributed by atoms with Crippen LogP contribution in [0.4, 0.5) is 0 Å². The SMILES string of the molecule is c1ccc(-c2ccc3c(c2)oc2cccc(-c4cccc5c(C6N=C(c7ccc8ccccc8c7)NC(c7cccc8oc9ccccc9c78)=N6)cccc45)c23)cc1. The number of fused-ring (bicyclic) bond motifs is 8. The molecule has 1 aliphatic heterocycles. The largest absolute Gasteiger partial charge is 0.456 e. The molecule has 0 fully saturated rings. The number of hydrogen-bond donors (Lipinski definition) is 1. The third-order valence-electron chi connectivity index (χ3n) is 11.5. The van der Waals surface area contributed by atoms with Crippen molar-refractivity contribution in [2.24, 2.45) is 9.98 Å². The van der Waals surface area contributed by atoms with Gasteiger partial charge in [0.25, 0.3) is 0 Å². The van der Waals surface area contributed by atoms with Crippen LogP contribution in [0.2, 0.25) is 0 Å². The number of para-hydroxylation sites is 1. The Bertz CT molecular complexity index is 3500. The van der Waals surface area contributed by atoms with E-state index in [1.807, 2.05) is 30.3 Å². The highest BCUT2D eigenvalue weighted by Gasteiger charge is 2.25. The Hall–Kier alpha value is -7.76. The van der Waals surface area contributed by atoms with Gasteiger partial charge in [-0.3, -0.25) is 0 Å². The molecule has 2 aromatic heterocycles. The van der Waals surface area contributed by atoms with Gasteiger partial charge in [0.2, 0.25) is 0 Å². The Labute approximate surface area is 333 Å². The van der Waals surface area contributed by atoms with Crippen LogP contribution >= 0.6 is 0 Å². The molecule has 0 radical (unpaired) electrons. The Kier molecular flexibility index (Phi) is 7.23. The van der Waals surface area contributed by atoms with Crippen molar-refractivity contribution < 1.29 is 8.83 Å². The number of amidine groups is 2. The lowest BCUT2D eigenvalue weighted by Crippen LogP contribution is -2.36. The van der Waals surface area contributed by atoms with Gasteiger partial charge in [-0.05, 0) is 80.2 Å². The van der Waals surface area contributed by atoms with Gasteiger partial charge in [-0.15, -0.1) is 0 Å². The van der Waals surface area contributed by atoms with E-state index >= 15 is 0 Å². The summed E-state index contributed by atoms with van der Waals surface area (Å²) < 4.78 is 12.9. The van der Waals surface area contributed by atoms with E-state index in [4.69, 9.17) is 18.8 Å². The van der Waals surface area contributed by atoms with Crippen LogP contribution in [0.15, 0.2) is 207 Å². The fourth-order valence-corrected chi connectivity index (χ4v) is 8.84. The van der Waals surface area contributed by atoms with Crippen LogP contribution in [-0.2, 0) is 0 Å². The lowest BCUT2D eigenvalue weighted by Gasteiger charge is -2.24. The summed E-state index contributed by atoms with van der Waals surface area (Å²) in [6.07, 6.45) is -0.521. The van der Waals surface area contributed by atoms with Gasteiger partial charge in [-0.2, -0.15) is 0 Å².